The molecule has 0 radical (unpaired) electrons. The van der Waals surface area contributed by atoms with Crippen LogP contribution in [0.2, 0.25) is 0 Å². The van der Waals surface area contributed by atoms with Crippen LogP contribution in [-0.4, -0.2) is 23.3 Å². The van der Waals surface area contributed by atoms with E-state index < -0.39 is 18.2 Å². The number of hydrogen-bond donors (Lipinski definition) is 2. The van der Waals surface area contributed by atoms with Gasteiger partial charge in [-0.15, -0.1) is 0 Å². The first-order valence-corrected chi connectivity index (χ1v) is 8.97. The summed E-state index contributed by atoms with van der Waals surface area (Å²) in [6, 6.07) is 17.4. The van der Waals surface area contributed by atoms with Crippen LogP contribution in [0.3, 0.4) is 0 Å². The third kappa shape index (κ3) is 6.29. The summed E-state index contributed by atoms with van der Waals surface area (Å²) in [5.41, 5.74) is 0.890. The SMILES string of the molecule is CC(=CCC(C)OC(=O)Nc1ccccc1Sc1ccccc1)C(=O)O. The Hall–Kier alpha value is -2.73. The van der Waals surface area contributed by atoms with Gasteiger partial charge in [-0.25, -0.2) is 9.59 Å². The molecule has 0 aromatic heterocycles. The Morgan fingerprint density at radius 3 is 2.50 bits per heavy atom. The molecule has 0 fully saturated rings. The van der Waals surface area contributed by atoms with E-state index >= 15 is 0 Å². The first-order chi connectivity index (χ1) is 12.5. The minimum Gasteiger partial charge on any atom is -0.478 e. The van der Waals surface area contributed by atoms with Crippen LogP contribution in [0.25, 0.3) is 0 Å². The number of carbonyl (C=O) groups excluding carboxylic acids is 1. The molecular formula is C20H21NO4S. The monoisotopic (exact) mass is 371 g/mol. The van der Waals surface area contributed by atoms with Gasteiger partial charge in [-0.2, -0.15) is 0 Å². The van der Waals surface area contributed by atoms with Crippen LogP contribution < -0.4 is 5.32 Å². The van der Waals surface area contributed by atoms with Gasteiger partial charge in [-0.05, 0) is 38.1 Å². The average Bonchev–Trinajstić information content (AvgIpc) is 2.62. The molecule has 1 unspecified atom stereocenters. The maximum absolute atomic E-state index is 12.1. The average molecular weight is 371 g/mol. The van der Waals surface area contributed by atoms with E-state index in [9.17, 15) is 9.59 Å². The van der Waals surface area contributed by atoms with Gasteiger partial charge >= 0.3 is 12.1 Å². The molecule has 0 spiro atoms. The molecule has 5 nitrogen and oxygen atoms in total. The Labute approximate surface area is 157 Å². The second-order valence-corrected chi connectivity index (χ2v) is 6.80. The quantitative estimate of drug-likeness (QED) is 0.655. The Morgan fingerprint density at radius 1 is 1.15 bits per heavy atom. The molecule has 0 aliphatic rings. The second-order valence-electron chi connectivity index (χ2n) is 5.68. The molecule has 0 aliphatic carbocycles. The number of aliphatic carboxylic acids is 1. The Balaban J connectivity index is 1.96. The Bertz CT molecular complexity index is 789. The van der Waals surface area contributed by atoms with Crippen molar-refractivity contribution in [3.8, 4) is 0 Å². The summed E-state index contributed by atoms with van der Waals surface area (Å²) in [6.45, 7) is 3.22. The number of ether oxygens (including phenoxy) is 1. The van der Waals surface area contributed by atoms with Crippen molar-refractivity contribution in [3.05, 3.63) is 66.2 Å². The predicted molar refractivity (Wildman–Crippen MR) is 103 cm³/mol. The molecule has 0 saturated heterocycles. The molecule has 2 rings (SSSR count). The van der Waals surface area contributed by atoms with E-state index in [0.717, 1.165) is 9.79 Å². The predicted octanol–water partition coefficient (Wildman–Crippen LogP) is 5.20. The van der Waals surface area contributed by atoms with E-state index in [4.69, 9.17) is 9.84 Å². The smallest absolute Gasteiger partial charge is 0.411 e. The summed E-state index contributed by atoms with van der Waals surface area (Å²) < 4.78 is 5.29. The van der Waals surface area contributed by atoms with Crippen molar-refractivity contribution in [2.75, 3.05) is 5.32 Å². The summed E-state index contributed by atoms with van der Waals surface area (Å²) >= 11 is 1.55. The van der Waals surface area contributed by atoms with E-state index in [1.165, 1.54) is 6.92 Å². The lowest BCUT2D eigenvalue weighted by Crippen LogP contribution is -2.20. The van der Waals surface area contributed by atoms with Gasteiger partial charge in [-0.3, -0.25) is 5.32 Å². The molecule has 6 heteroatoms. The fraction of sp³-hybridized carbons (Fsp3) is 0.200. The normalized spacial score (nSPS) is 12.3. The van der Waals surface area contributed by atoms with Crippen LogP contribution in [0, 0.1) is 0 Å². The van der Waals surface area contributed by atoms with Crippen LogP contribution in [0.4, 0.5) is 10.5 Å². The second kappa shape index (κ2) is 9.68. The largest absolute Gasteiger partial charge is 0.478 e. The highest BCUT2D eigenvalue weighted by molar-refractivity contribution is 7.99. The van der Waals surface area contributed by atoms with Crippen LogP contribution >= 0.6 is 11.8 Å². The van der Waals surface area contributed by atoms with Gasteiger partial charge in [0.2, 0.25) is 0 Å². The highest BCUT2D eigenvalue weighted by Crippen LogP contribution is 2.33. The van der Waals surface area contributed by atoms with Gasteiger partial charge in [-0.1, -0.05) is 48.2 Å². The summed E-state index contributed by atoms with van der Waals surface area (Å²) in [4.78, 5) is 24.9. The number of rotatable bonds is 7. The third-order valence-corrected chi connectivity index (χ3v) is 4.58. The highest BCUT2D eigenvalue weighted by Gasteiger charge is 2.12. The zero-order valence-corrected chi connectivity index (χ0v) is 15.5. The van der Waals surface area contributed by atoms with Gasteiger partial charge in [0.25, 0.3) is 0 Å². The number of nitrogens with one attached hydrogen (secondary N) is 1. The van der Waals surface area contributed by atoms with Gasteiger partial charge in [0.05, 0.1) is 5.69 Å². The minimum atomic E-state index is -0.978. The van der Waals surface area contributed by atoms with E-state index in [1.54, 1.807) is 24.8 Å². The van der Waals surface area contributed by atoms with Crippen LogP contribution in [0.15, 0.2) is 76.0 Å². The molecule has 136 valence electrons. The molecule has 1 atom stereocenters. The number of hydrogen-bond acceptors (Lipinski definition) is 4. The molecule has 0 saturated carbocycles. The number of anilines is 1. The van der Waals surface area contributed by atoms with Crippen LogP contribution in [0.1, 0.15) is 20.3 Å². The first-order valence-electron chi connectivity index (χ1n) is 8.15. The standard InChI is InChI=1S/C20H21NO4S/c1-14(19(22)23)12-13-15(2)25-20(24)21-17-10-6-7-11-18(17)26-16-8-4-3-5-9-16/h3-12,15H,13H2,1-2H3,(H,21,24)(H,22,23). The molecule has 0 aliphatic heterocycles. The molecule has 2 aromatic rings. The van der Waals surface area contributed by atoms with E-state index in [-0.39, 0.29) is 5.57 Å². The molecular weight excluding hydrogens is 350 g/mol. The molecule has 2 aromatic carbocycles. The zero-order valence-electron chi connectivity index (χ0n) is 14.6. The van der Waals surface area contributed by atoms with Gasteiger partial charge < -0.3 is 9.84 Å². The third-order valence-electron chi connectivity index (χ3n) is 3.50. The maximum Gasteiger partial charge on any atom is 0.411 e. The van der Waals surface area contributed by atoms with Crippen molar-refractivity contribution in [3.63, 3.8) is 0 Å². The molecule has 1 amide bonds. The summed E-state index contributed by atoms with van der Waals surface area (Å²) in [5, 5.41) is 11.6. The fourth-order valence-electron chi connectivity index (χ4n) is 2.07. The van der Waals surface area contributed by atoms with Crippen molar-refractivity contribution in [1.29, 1.82) is 0 Å². The Kier molecular flexibility index (Phi) is 7.29. The van der Waals surface area contributed by atoms with Crippen molar-refractivity contribution >= 4 is 29.5 Å². The van der Waals surface area contributed by atoms with Crippen molar-refractivity contribution in [2.45, 2.75) is 36.2 Å². The van der Waals surface area contributed by atoms with Crippen molar-refractivity contribution < 1.29 is 19.4 Å². The van der Waals surface area contributed by atoms with Crippen LogP contribution in [-0.2, 0) is 9.53 Å². The summed E-state index contributed by atoms with van der Waals surface area (Å²) in [6.07, 6.45) is 0.879. The number of carboxylic acids is 1. The topological polar surface area (TPSA) is 75.6 Å². The molecule has 26 heavy (non-hydrogen) atoms. The van der Waals surface area contributed by atoms with Crippen molar-refractivity contribution in [2.24, 2.45) is 0 Å². The molecule has 2 N–H and O–H groups in total. The van der Waals surface area contributed by atoms with E-state index in [2.05, 4.69) is 5.32 Å². The Morgan fingerprint density at radius 2 is 1.81 bits per heavy atom. The first kappa shape index (κ1) is 19.6. The highest BCUT2D eigenvalue weighted by atomic mass is 32.2. The zero-order chi connectivity index (χ0) is 18.9. The fourth-order valence-corrected chi connectivity index (χ4v) is 3.00. The van der Waals surface area contributed by atoms with Gasteiger partial charge in [0, 0.05) is 21.8 Å². The number of amides is 1. The van der Waals surface area contributed by atoms with Gasteiger partial charge in [0.1, 0.15) is 6.10 Å². The minimum absolute atomic E-state index is 0.227. The lowest BCUT2D eigenvalue weighted by atomic mass is 10.2. The van der Waals surface area contributed by atoms with Crippen LogP contribution in [0.5, 0.6) is 0 Å². The number of carboxylic acid groups (broad SMARTS) is 1. The number of benzene rings is 2. The van der Waals surface area contributed by atoms with Gasteiger partial charge in [0.15, 0.2) is 0 Å². The summed E-state index contributed by atoms with van der Waals surface area (Å²) in [7, 11) is 0. The van der Waals surface area contributed by atoms with E-state index in [0.29, 0.717) is 12.1 Å². The summed E-state index contributed by atoms with van der Waals surface area (Å²) in [5.74, 6) is -0.978. The van der Waals surface area contributed by atoms with Crippen molar-refractivity contribution in [1.82, 2.24) is 0 Å². The lowest BCUT2D eigenvalue weighted by Gasteiger charge is -2.14. The molecule has 0 heterocycles. The number of carbonyl (C=O) groups is 2. The lowest BCUT2D eigenvalue weighted by molar-refractivity contribution is -0.132. The number of para-hydroxylation sites is 1. The maximum atomic E-state index is 12.1. The van der Waals surface area contributed by atoms with E-state index in [1.807, 2.05) is 54.6 Å². The molecule has 0 bridgehead atoms.